The Morgan fingerprint density at radius 1 is 1.06 bits per heavy atom. The van der Waals surface area contributed by atoms with Crippen molar-refractivity contribution in [3.8, 4) is 0 Å². The van der Waals surface area contributed by atoms with Gasteiger partial charge in [0.05, 0.1) is 4.90 Å². The van der Waals surface area contributed by atoms with Crippen LogP contribution in [0.5, 0.6) is 0 Å². The molecule has 184 valence electrons. The number of hydrogen-bond acceptors (Lipinski definition) is 6. The molecule has 1 aromatic carbocycles. The van der Waals surface area contributed by atoms with E-state index in [1.807, 2.05) is 37.8 Å². The van der Waals surface area contributed by atoms with E-state index in [9.17, 15) is 13.2 Å². The average Bonchev–Trinajstić information content (AvgIpc) is 3.14. The Hall–Kier alpha value is -1.80. The summed E-state index contributed by atoms with van der Waals surface area (Å²) in [5.74, 6) is 0.687. The average molecular weight is 478 g/mol. The molecule has 0 atom stereocenters. The molecule has 0 unspecified atom stereocenters. The summed E-state index contributed by atoms with van der Waals surface area (Å²) in [6.07, 6.45) is 5.64. The Bertz CT molecular complexity index is 941. The molecule has 3 fully saturated rings. The number of nitrogens with zero attached hydrogens (tertiary/aromatic N) is 3. The van der Waals surface area contributed by atoms with E-state index in [2.05, 4.69) is 9.80 Å². The van der Waals surface area contributed by atoms with Gasteiger partial charge in [0.2, 0.25) is 0 Å². The summed E-state index contributed by atoms with van der Waals surface area (Å²) in [4.78, 5) is 19.5. The molecule has 8 heteroatoms. The number of sulfone groups is 1. The molecule has 3 aliphatic rings. The van der Waals surface area contributed by atoms with Crippen molar-refractivity contribution >= 4 is 21.6 Å². The standard InChI is InChI=1S/C25H39N3O4S/c1-24(2,3)32-23(29)27-14-10-20(11-15-27)9-13-26-16-12-25(17-26)18-28(19-25)21-5-7-22(8-6-21)33(4,30)31/h5-8,20H,9-19H2,1-4H3. The van der Waals surface area contributed by atoms with Crippen LogP contribution in [0.1, 0.15) is 46.5 Å². The zero-order valence-corrected chi connectivity index (χ0v) is 21.4. The molecule has 0 saturated carbocycles. The lowest BCUT2D eigenvalue weighted by Gasteiger charge is -2.49. The second-order valence-corrected chi connectivity index (χ2v) is 13.4. The summed E-state index contributed by atoms with van der Waals surface area (Å²) in [7, 11) is -3.14. The minimum Gasteiger partial charge on any atom is -0.444 e. The molecular formula is C25H39N3O4S. The van der Waals surface area contributed by atoms with Crippen molar-refractivity contribution in [2.75, 3.05) is 57.0 Å². The van der Waals surface area contributed by atoms with E-state index in [0.717, 1.165) is 64.3 Å². The number of piperidine rings is 1. The maximum Gasteiger partial charge on any atom is 0.410 e. The third-order valence-corrected chi connectivity index (χ3v) is 8.45. The topological polar surface area (TPSA) is 70.2 Å². The maximum absolute atomic E-state index is 12.3. The number of anilines is 1. The van der Waals surface area contributed by atoms with Crippen molar-refractivity contribution in [1.82, 2.24) is 9.80 Å². The SMILES string of the molecule is CC(C)(C)OC(=O)N1CCC(CCN2CCC3(C2)CN(c2ccc(S(C)(=O)=O)cc2)C3)CC1. The van der Waals surface area contributed by atoms with E-state index in [4.69, 9.17) is 4.74 Å². The van der Waals surface area contributed by atoms with Gasteiger partial charge in [0.25, 0.3) is 0 Å². The van der Waals surface area contributed by atoms with Crippen molar-refractivity contribution in [3.05, 3.63) is 24.3 Å². The van der Waals surface area contributed by atoms with Crippen LogP contribution < -0.4 is 4.90 Å². The van der Waals surface area contributed by atoms with Gasteiger partial charge in [0, 0.05) is 50.1 Å². The van der Waals surface area contributed by atoms with Crippen LogP contribution in [0, 0.1) is 11.3 Å². The monoisotopic (exact) mass is 477 g/mol. The molecule has 0 aliphatic carbocycles. The third kappa shape index (κ3) is 6.01. The van der Waals surface area contributed by atoms with Gasteiger partial charge in [-0.25, -0.2) is 13.2 Å². The lowest BCUT2D eigenvalue weighted by Crippen LogP contribution is -2.57. The molecule has 0 N–H and O–H groups in total. The highest BCUT2D eigenvalue weighted by molar-refractivity contribution is 7.90. The Morgan fingerprint density at radius 2 is 1.70 bits per heavy atom. The van der Waals surface area contributed by atoms with Gasteiger partial charge in [-0.05, 0) is 89.7 Å². The summed E-state index contributed by atoms with van der Waals surface area (Å²) < 4.78 is 28.8. The second kappa shape index (κ2) is 9.10. The number of carbonyl (C=O) groups excluding carboxylic acids is 1. The molecule has 33 heavy (non-hydrogen) atoms. The molecule has 7 nitrogen and oxygen atoms in total. The minimum absolute atomic E-state index is 0.178. The smallest absolute Gasteiger partial charge is 0.410 e. The zero-order chi connectivity index (χ0) is 23.9. The molecule has 3 aliphatic heterocycles. The predicted octanol–water partition coefficient (Wildman–Crippen LogP) is 3.64. The third-order valence-electron chi connectivity index (χ3n) is 7.32. The number of rotatable bonds is 5. The summed E-state index contributed by atoms with van der Waals surface area (Å²) in [6.45, 7) is 12.9. The van der Waals surface area contributed by atoms with E-state index in [-0.39, 0.29) is 6.09 Å². The highest BCUT2D eigenvalue weighted by Gasteiger charge is 2.47. The Kier molecular flexibility index (Phi) is 6.71. The van der Waals surface area contributed by atoms with Gasteiger partial charge in [-0.2, -0.15) is 0 Å². The first-order chi connectivity index (χ1) is 15.4. The number of carbonyl (C=O) groups is 1. The van der Waals surface area contributed by atoms with Crippen molar-refractivity contribution in [3.63, 3.8) is 0 Å². The van der Waals surface area contributed by atoms with E-state index in [1.54, 1.807) is 12.1 Å². The van der Waals surface area contributed by atoms with Crippen LogP contribution in [0.25, 0.3) is 0 Å². The van der Waals surface area contributed by atoms with Crippen LogP contribution >= 0.6 is 0 Å². The quantitative estimate of drug-likeness (QED) is 0.645. The first-order valence-corrected chi connectivity index (χ1v) is 14.1. The molecular weight excluding hydrogens is 438 g/mol. The normalized spacial score (nSPS) is 21.9. The zero-order valence-electron chi connectivity index (χ0n) is 20.5. The van der Waals surface area contributed by atoms with E-state index < -0.39 is 15.4 Å². The number of ether oxygens (including phenoxy) is 1. The van der Waals surface area contributed by atoms with Gasteiger partial charge in [-0.3, -0.25) is 0 Å². The summed E-state index contributed by atoms with van der Waals surface area (Å²) in [5.41, 5.74) is 1.06. The molecule has 3 heterocycles. The van der Waals surface area contributed by atoms with Crippen LogP contribution in [-0.2, 0) is 14.6 Å². The Morgan fingerprint density at radius 3 is 2.27 bits per heavy atom. The number of amides is 1. The van der Waals surface area contributed by atoms with Gasteiger partial charge in [-0.15, -0.1) is 0 Å². The van der Waals surface area contributed by atoms with Crippen molar-refractivity contribution < 1.29 is 17.9 Å². The molecule has 1 amide bonds. The number of benzene rings is 1. The fourth-order valence-corrected chi connectivity index (χ4v) is 6.05. The molecule has 3 saturated heterocycles. The first-order valence-electron chi connectivity index (χ1n) is 12.2. The Labute approximate surface area is 199 Å². The molecule has 0 bridgehead atoms. The number of hydrogen-bond donors (Lipinski definition) is 0. The highest BCUT2D eigenvalue weighted by atomic mass is 32.2. The fraction of sp³-hybridized carbons (Fsp3) is 0.720. The van der Waals surface area contributed by atoms with Gasteiger partial charge < -0.3 is 19.4 Å². The Balaban J connectivity index is 1.17. The lowest BCUT2D eigenvalue weighted by atomic mass is 9.78. The van der Waals surface area contributed by atoms with Crippen LogP contribution in [0.4, 0.5) is 10.5 Å². The fourth-order valence-electron chi connectivity index (χ4n) is 5.42. The predicted molar refractivity (Wildman–Crippen MR) is 130 cm³/mol. The summed E-state index contributed by atoms with van der Waals surface area (Å²) in [6, 6.07) is 7.29. The van der Waals surface area contributed by atoms with Gasteiger partial charge in [0.1, 0.15) is 5.60 Å². The van der Waals surface area contributed by atoms with Gasteiger partial charge >= 0.3 is 6.09 Å². The largest absolute Gasteiger partial charge is 0.444 e. The van der Waals surface area contributed by atoms with Crippen LogP contribution in [0.2, 0.25) is 0 Å². The minimum atomic E-state index is -3.14. The van der Waals surface area contributed by atoms with E-state index in [1.165, 1.54) is 19.1 Å². The molecule has 0 aromatic heterocycles. The van der Waals surface area contributed by atoms with Crippen LogP contribution in [0.3, 0.4) is 0 Å². The number of likely N-dealkylation sites (tertiary alicyclic amines) is 2. The summed E-state index contributed by atoms with van der Waals surface area (Å²) >= 11 is 0. The molecule has 1 aromatic rings. The molecule has 0 radical (unpaired) electrons. The van der Waals surface area contributed by atoms with Crippen LogP contribution in [-0.4, -0.2) is 82.0 Å². The maximum atomic E-state index is 12.3. The van der Waals surface area contributed by atoms with Crippen molar-refractivity contribution in [2.45, 2.75) is 57.0 Å². The van der Waals surface area contributed by atoms with Gasteiger partial charge in [0.15, 0.2) is 9.84 Å². The molecule has 1 spiro atoms. The molecule has 4 rings (SSSR count). The van der Waals surface area contributed by atoms with E-state index in [0.29, 0.717) is 16.2 Å². The van der Waals surface area contributed by atoms with Crippen molar-refractivity contribution in [1.29, 1.82) is 0 Å². The van der Waals surface area contributed by atoms with E-state index >= 15 is 0 Å². The highest BCUT2D eigenvalue weighted by Crippen LogP contribution is 2.42. The van der Waals surface area contributed by atoms with Crippen LogP contribution in [0.15, 0.2) is 29.2 Å². The van der Waals surface area contributed by atoms with Gasteiger partial charge in [-0.1, -0.05) is 0 Å². The van der Waals surface area contributed by atoms with Crippen molar-refractivity contribution in [2.24, 2.45) is 11.3 Å². The first kappa shape index (κ1) is 24.3. The summed E-state index contributed by atoms with van der Waals surface area (Å²) in [5, 5.41) is 0. The second-order valence-electron chi connectivity index (χ2n) is 11.3. The lowest BCUT2D eigenvalue weighted by molar-refractivity contribution is 0.0178.